The molecule has 3 nitrogen and oxygen atoms in total. The van der Waals surface area contributed by atoms with Gasteiger partial charge < -0.3 is 5.73 Å². The molecule has 0 atom stereocenters. The Bertz CT molecular complexity index is 471. The first kappa shape index (κ1) is 12.5. The van der Waals surface area contributed by atoms with Gasteiger partial charge >= 0.3 is 0 Å². The number of hydrogen-bond donors (Lipinski definition) is 1. The third-order valence-electron chi connectivity index (χ3n) is 1.91. The maximum Gasteiger partial charge on any atom is 0.176 e. The quantitative estimate of drug-likeness (QED) is 0.823. The minimum absolute atomic E-state index is 0.00968. The largest absolute Gasteiger partial charge is 0.326 e. The summed E-state index contributed by atoms with van der Waals surface area (Å²) in [6.07, 6.45) is 2.69. The fourth-order valence-corrected chi connectivity index (χ4v) is 3.23. The molecular formula is C9H12FNO2S2. The highest BCUT2D eigenvalue weighted by molar-refractivity contribution is 7.99. The minimum Gasteiger partial charge on any atom is -0.326 e. The lowest BCUT2D eigenvalue weighted by atomic mass is 10.2. The molecule has 1 aromatic rings. The van der Waals surface area contributed by atoms with Gasteiger partial charge in [-0.15, -0.1) is 11.8 Å². The van der Waals surface area contributed by atoms with Crippen molar-refractivity contribution >= 4 is 21.6 Å². The van der Waals surface area contributed by atoms with Gasteiger partial charge in [-0.05, 0) is 24.0 Å². The van der Waals surface area contributed by atoms with E-state index >= 15 is 0 Å². The summed E-state index contributed by atoms with van der Waals surface area (Å²) >= 11 is 1.07. The zero-order chi connectivity index (χ0) is 11.6. The van der Waals surface area contributed by atoms with Gasteiger partial charge in [-0.3, -0.25) is 0 Å². The number of benzene rings is 1. The van der Waals surface area contributed by atoms with Gasteiger partial charge in [0.2, 0.25) is 0 Å². The first-order valence-electron chi connectivity index (χ1n) is 4.16. The average molecular weight is 249 g/mol. The molecule has 1 aromatic carbocycles. The van der Waals surface area contributed by atoms with Crippen molar-refractivity contribution in [2.75, 3.05) is 12.5 Å². The molecule has 0 aliphatic rings. The smallest absolute Gasteiger partial charge is 0.176 e. The highest BCUT2D eigenvalue weighted by Gasteiger charge is 2.17. The van der Waals surface area contributed by atoms with E-state index in [0.29, 0.717) is 5.56 Å². The molecule has 0 aromatic heterocycles. The summed E-state index contributed by atoms with van der Waals surface area (Å²) in [7, 11) is -3.42. The second-order valence-electron chi connectivity index (χ2n) is 3.09. The fraction of sp³-hybridized carbons (Fsp3) is 0.333. The molecule has 0 bridgehead atoms. The Morgan fingerprint density at radius 1 is 1.47 bits per heavy atom. The van der Waals surface area contributed by atoms with Crippen LogP contribution in [0.3, 0.4) is 0 Å². The molecule has 84 valence electrons. The number of hydrogen-bond acceptors (Lipinski definition) is 4. The van der Waals surface area contributed by atoms with Gasteiger partial charge in [-0.1, -0.05) is 0 Å². The van der Waals surface area contributed by atoms with Crippen molar-refractivity contribution < 1.29 is 12.8 Å². The van der Waals surface area contributed by atoms with Crippen LogP contribution in [-0.2, 0) is 16.4 Å². The maximum absolute atomic E-state index is 13.5. The molecule has 0 saturated heterocycles. The lowest BCUT2D eigenvalue weighted by Gasteiger charge is -2.08. The molecule has 0 saturated carbocycles. The van der Waals surface area contributed by atoms with Crippen molar-refractivity contribution in [3.05, 3.63) is 23.5 Å². The zero-order valence-electron chi connectivity index (χ0n) is 8.45. The van der Waals surface area contributed by atoms with E-state index in [4.69, 9.17) is 5.73 Å². The van der Waals surface area contributed by atoms with Crippen molar-refractivity contribution in [1.29, 1.82) is 0 Å². The van der Waals surface area contributed by atoms with Crippen LogP contribution in [0.15, 0.2) is 21.9 Å². The second kappa shape index (κ2) is 4.51. The Morgan fingerprint density at radius 3 is 2.47 bits per heavy atom. The van der Waals surface area contributed by atoms with Crippen LogP contribution in [0, 0.1) is 5.82 Å². The molecule has 2 N–H and O–H groups in total. The van der Waals surface area contributed by atoms with Crippen molar-refractivity contribution in [2.45, 2.75) is 16.3 Å². The normalized spacial score (nSPS) is 11.7. The molecule has 0 heterocycles. The molecule has 6 heteroatoms. The highest BCUT2D eigenvalue weighted by Crippen LogP contribution is 2.28. The molecule has 1 rings (SSSR count). The van der Waals surface area contributed by atoms with Crippen LogP contribution >= 0.6 is 11.8 Å². The van der Waals surface area contributed by atoms with E-state index in [9.17, 15) is 12.8 Å². The van der Waals surface area contributed by atoms with Gasteiger partial charge in [-0.25, -0.2) is 12.8 Å². The molecular weight excluding hydrogens is 237 g/mol. The van der Waals surface area contributed by atoms with E-state index in [0.717, 1.165) is 18.0 Å². The summed E-state index contributed by atoms with van der Waals surface area (Å²) in [5, 5.41) is 0. The van der Waals surface area contributed by atoms with Crippen LogP contribution in [0.1, 0.15) is 5.56 Å². The lowest BCUT2D eigenvalue weighted by Crippen LogP contribution is -2.05. The summed E-state index contributed by atoms with van der Waals surface area (Å²) in [5.41, 5.74) is 5.83. The van der Waals surface area contributed by atoms with Gasteiger partial charge in [-0.2, -0.15) is 0 Å². The first-order chi connectivity index (χ1) is 6.90. The fourth-order valence-electron chi connectivity index (χ4n) is 1.21. The molecule has 0 fully saturated rings. The number of nitrogens with two attached hydrogens (primary N) is 1. The summed E-state index contributed by atoms with van der Waals surface area (Å²) < 4.78 is 36.3. The second-order valence-corrected chi connectivity index (χ2v) is 5.89. The summed E-state index contributed by atoms with van der Waals surface area (Å²) in [5.74, 6) is -0.536. The Kier molecular flexibility index (Phi) is 3.75. The molecule has 0 aliphatic carbocycles. The van der Waals surface area contributed by atoms with Crippen molar-refractivity contribution in [2.24, 2.45) is 5.73 Å². The van der Waals surface area contributed by atoms with E-state index in [2.05, 4.69) is 0 Å². The van der Waals surface area contributed by atoms with Crippen molar-refractivity contribution in [1.82, 2.24) is 0 Å². The van der Waals surface area contributed by atoms with Crippen LogP contribution in [-0.4, -0.2) is 20.9 Å². The van der Waals surface area contributed by atoms with E-state index in [1.807, 2.05) is 0 Å². The summed E-state index contributed by atoms with van der Waals surface area (Å²) in [6.45, 7) is 0.119. The first-order valence-corrected chi connectivity index (χ1v) is 7.28. The number of thioether (sulfide) groups is 1. The number of halogens is 1. The van der Waals surface area contributed by atoms with E-state index in [1.54, 1.807) is 6.26 Å². The molecule has 0 unspecified atom stereocenters. The highest BCUT2D eigenvalue weighted by atomic mass is 32.2. The van der Waals surface area contributed by atoms with E-state index < -0.39 is 15.7 Å². The Balaban J connectivity index is 3.53. The average Bonchev–Trinajstić information content (AvgIpc) is 2.15. The minimum atomic E-state index is -3.42. The number of rotatable bonds is 3. The topological polar surface area (TPSA) is 60.2 Å². The Morgan fingerprint density at radius 2 is 2.07 bits per heavy atom. The SMILES string of the molecule is CSc1c(F)cc(CN)cc1S(C)(=O)=O. The Labute approximate surface area is 92.8 Å². The van der Waals surface area contributed by atoms with E-state index in [1.165, 1.54) is 12.1 Å². The van der Waals surface area contributed by atoms with Crippen LogP contribution in [0.5, 0.6) is 0 Å². The number of sulfone groups is 1. The van der Waals surface area contributed by atoms with Crippen LogP contribution in [0.4, 0.5) is 4.39 Å². The third kappa shape index (κ3) is 2.70. The van der Waals surface area contributed by atoms with Gasteiger partial charge in [0.25, 0.3) is 0 Å². The monoisotopic (exact) mass is 249 g/mol. The summed E-state index contributed by atoms with van der Waals surface area (Å²) in [6, 6.07) is 2.69. The summed E-state index contributed by atoms with van der Waals surface area (Å²) in [4.78, 5) is 0.158. The Hall–Kier alpha value is -0.590. The molecule has 0 radical (unpaired) electrons. The standard InChI is InChI=1S/C9H12FNO2S2/c1-14-9-7(10)3-6(5-11)4-8(9)15(2,12)13/h3-4H,5,11H2,1-2H3. The van der Waals surface area contributed by atoms with Gasteiger partial charge in [0.15, 0.2) is 9.84 Å². The maximum atomic E-state index is 13.5. The third-order valence-corrected chi connectivity index (χ3v) is 3.98. The lowest BCUT2D eigenvalue weighted by molar-refractivity contribution is 0.575. The predicted molar refractivity (Wildman–Crippen MR) is 59.2 cm³/mol. The van der Waals surface area contributed by atoms with Crippen LogP contribution < -0.4 is 5.73 Å². The van der Waals surface area contributed by atoms with E-state index in [-0.39, 0.29) is 16.3 Å². The predicted octanol–water partition coefficient (Wildman–Crippen LogP) is 1.41. The van der Waals surface area contributed by atoms with Crippen molar-refractivity contribution in [3.63, 3.8) is 0 Å². The zero-order valence-corrected chi connectivity index (χ0v) is 10.1. The van der Waals surface area contributed by atoms with Gasteiger partial charge in [0.1, 0.15) is 5.82 Å². The van der Waals surface area contributed by atoms with Crippen LogP contribution in [0.2, 0.25) is 0 Å². The van der Waals surface area contributed by atoms with Crippen LogP contribution in [0.25, 0.3) is 0 Å². The molecule has 0 spiro atoms. The molecule has 0 amide bonds. The molecule has 15 heavy (non-hydrogen) atoms. The van der Waals surface area contributed by atoms with Gasteiger partial charge in [0, 0.05) is 12.8 Å². The molecule has 0 aliphatic heterocycles. The van der Waals surface area contributed by atoms with Gasteiger partial charge in [0.05, 0.1) is 9.79 Å². The van der Waals surface area contributed by atoms with Crippen molar-refractivity contribution in [3.8, 4) is 0 Å².